The van der Waals surface area contributed by atoms with Crippen LogP contribution in [0.2, 0.25) is 0 Å². The van der Waals surface area contributed by atoms with E-state index in [-0.39, 0.29) is 17.9 Å². The van der Waals surface area contributed by atoms with E-state index in [1.54, 1.807) is 37.4 Å². The van der Waals surface area contributed by atoms with Gasteiger partial charge in [-0.2, -0.15) is 0 Å². The molecule has 1 aliphatic carbocycles. The van der Waals surface area contributed by atoms with Gasteiger partial charge in [0.25, 0.3) is 5.91 Å². The Kier molecular flexibility index (Phi) is 5.29. The second kappa shape index (κ2) is 8.03. The molecule has 1 aliphatic heterocycles. The minimum atomic E-state index is -0.257. The van der Waals surface area contributed by atoms with E-state index in [1.165, 1.54) is 12.8 Å². The first-order valence-corrected chi connectivity index (χ1v) is 9.84. The molecule has 7 heteroatoms. The third kappa shape index (κ3) is 4.13. The monoisotopic (exact) mass is 395 g/mol. The number of hydrogen-bond donors (Lipinski definition) is 2. The van der Waals surface area contributed by atoms with Crippen molar-refractivity contribution < 1.29 is 19.1 Å². The highest BCUT2D eigenvalue weighted by Gasteiger charge is 2.21. The van der Waals surface area contributed by atoms with Crippen LogP contribution < -0.4 is 25.0 Å². The first-order valence-electron chi connectivity index (χ1n) is 9.84. The van der Waals surface area contributed by atoms with Crippen LogP contribution >= 0.6 is 0 Å². The van der Waals surface area contributed by atoms with E-state index in [0.717, 1.165) is 18.5 Å². The van der Waals surface area contributed by atoms with Gasteiger partial charge in [-0.15, -0.1) is 0 Å². The lowest BCUT2D eigenvalue weighted by Gasteiger charge is -2.27. The topological polar surface area (TPSA) is 79.9 Å². The molecule has 0 saturated heterocycles. The fourth-order valence-corrected chi connectivity index (χ4v) is 3.84. The number of nitrogens with zero attached hydrogens (tertiary/aromatic N) is 1. The van der Waals surface area contributed by atoms with Gasteiger partial charge in [-0.05, 0) is 56.0 Å². The van der Waals surface area contributed by atoms with Crippen molar-refractivity contribution in [3.05, 3.63) is 42.0 Å². The second-order valence-corrected chi connectivity index (χ2v) is 7.48. The van der Waals surface area contributed by atoms with Crippen LogP contribution in [0.5, 0.6) is 11.5 Å². The maximum absolute atomic E-state index is 12.8. The molecule has 29 heavy (non-hydrogen) atoms. The maximum atomic E-state index is 12.8. The molecule has 0 unspecified atom stereocenters. The van der Waals surface area contributed by atoms with Gasteiger partial charge < -0.3 is 25.0 Å². The largest absolute Gasteiger partial charge is 0.493 e. The van der Waals surface area contributed by atoms with Gasteiger partial charge in [0.15, 0.2) is 11.5 Å². The molecule has 1 heterocycles. The number of hydrogen-bond acceptors (Lipinski definition) is 5. The molecule has 7 nitrogen and oxygen atoms in total. The molecule has 0 radical (unpaired) electrons. The molecule has 0 aromatic heterocycles. The summed E-state index contributed by atoms with van der Waals surface area (Å²) in [5.41, 5.74) is 2.62. The van der Waals surface area contributed by atoms with Gasteiger partial charge in [-0.25, -0.2) is 0 Å². The Bertz CT molecular complexity index is 938. The molecule has 1 fully saturated rings. The first kappa shape index (κ1) is 19.1. The highest BCUT2D eigenvalue weighted by atomic mass is 16.5. The number of nitrogens with one attached hydrogen (secondary N) is 2. The summed E-state index contributed by atoms with van der Waals surface area (Å²) in [7, 11) is 3.45. The smallest absolute Gasteiger partial charge is 0.255 e. The summed E-state index contributed by atoms with van der Waals surface area (Å²) in [6, 6.07) is 10.7. The lowest BCUT2D eigenvalue weighted by Crippen LogP contribution is -2.35. The van der Waals surface area contributed by atoms with E-state index < -0.39 is 0 Å². The molecule has 1 saturated carbocycles. The van der Waals surface area contributed by atoms with Crippen LogP contribution in [0.15, 0.2) is 36.4 Å². The van der Waals surface area contributed by atoms with Crippen LogP contribution in [0.3, 0.4) is 0 Å². The lowest BCUT2D eigenvalue weighted by molar-refractivity contribution is -0.115. The Morgan fingerprint density at radius 3 is 2.69 bits per heavy atom. The number of likely N-dealkylation sites (N-methyl/N-ethyl adjacent to an activating group) is 1. The molecule has 2 aromatic rings. The van der Waals surface area contributed by atoms with Crippen molar-refractivity contribution in [2.75, 3.05) is 36.2 Å². The average Bonchev–Trinajstić information content (AvgIpc) is 3.20. The van der Waals surface area contributed by atoms with Crippen LogP contribution in [0.1, 0.15) is 36.0 Å². The van der Waals surface area contributed by atoms with Gasteiger partial charge >= 0.3 is 0 Å². The minimum Gasteiger partial charge on any atom is -0.493 e. The number of anilines is 3. The molecule has 2 aliphatic rings. The van der Waals surface area contributed by atoms with Crippen LogP contribution in [0.4, 0.5) is 17.1 Å². The van der Waals surface area contributed by atoms with E-state index in [2.05, 4.69) is 10.6 Å². The highest BCUT2D eigenvalue weighted by molar-refractivity contribution is 6.08. The van der Waals surface area contributed by atoms with Crippen molar-refractivity contribution >= 4 is 28.9 Å². The van der Waals surface area contributed by atoms with Gasteiger partial charge in [0.2, 0.25) is 5.91 Å². The van der Waals surface area contributed by atoms with Gasteiger partial charge in [-0.3, -0.25) is 9.59 Å². The molecule has 2 aromatic carbocycles. The molecule has 0 atom stereocenters. The lowest BCUT2D eigenvalue weighted by atomic mass is 10.1. The van der Waals surface area contributed by atoms with Crippen LogP contribution in [0.25, 0.3) is 0 Å². The normalized spacial score (nSPS) is 16.2. The summed E-state index contributed by atoms with van der Waals surface area (Å²) < 4.78 is 11.5. The number of carbonyl (C=O) groups excluding carboxylic acids is 2. The summed E-state index contributed by atoms with van der Waals surface area (Å²) in [5.74, 6) is 0.930. The SMILES string of the molecule is COc1ccc(NC(=O)c2ccc3c(c2)NC(=O)CN3C)cc1OC1CCCC1. The zero-order valence-corrected chi connectivity index (χ0v) is 16.7. The summed E-state index contributed by atoms with van der Waals surface area (Å²) in [6.45, 7) is 0.300. The predicted molar refractivity (Wildman–Crippen MR) is 112 cm³/mol. The van der Waals surface area contributed by atoms with E-state index >= 15 is 0 Å². The molecule has 4 rings (SSSR count). The fraction of sp³-hybridized carbons (Fsp3) is 0.364. The number of methoxy groups -OCH3 is 1. The molecule has 152 valence electrons. The van der Waals surface area contributed by atoms with E-state index in [4.69, 9.17) is 9.47 Å². The van der Waals surface area contributed by atoms with E-state index in [0.29, 0.717) is 35.0 Å². The zero-order chi connectivity index (χ0) is 20.4. The Balaban J connectivity index is 1.52. The number of benzene rings is 2. The standard InChI is InChI=1S/C22H25N3O4/c1-25-13-21(26)24-17-11-14(7-9-18(17)25)22(27)23-15-8-10-19(28-2)20(12-15)29-16-5-3-4-6-16/h7-12,16H,3-6,13H2,1-2H3,(H,23,27)(H,24,26). The number of rotatable bonds is 5. The van der Waals surface area contributed by atoms with Crippen LogP contribution in [-0.4, -0.2) is 38.6 Å². The third-order valence-electron chi connectivity index (χ3n) is 5.34. The average molecular weight is 395 g/mol. The highest BCUT2D eigenvalue weighted by Crippen LogP contribution is 2.34. The number of amides is 2. The van der Waals surface area contributed by atoms with Crippen molar-refractivity contribution in [1.82, 2.24) is 0 Å². The van der Waals surface area contributed by atoms with Crippen molar-refractivity contribution in [3.63, 3.8) is 0 Å². The summed E-state index contributed by atoms with van der Waals surface area (Å²) in [6.07, 6.45) is 4.61. The Labute approximate surface area is 170 Å². The molecule has 2 N–H and O–H groups in total. The summed E-state index contributed by atoms with van der Waals surface area (Å²) in [4.78, 5) is 26.4. The quantitative estimate of drug-likeness (QED) is 0.808. The summed E-state index contributed by atoms with van der Waals surface area (Å²) >= 11 is 0. The van der Waals surface area contributed by atoms with Crippen molar-refractivity contribution in [3.8, 4) is 11.5 Å². The number of carbonyl (C=O) groups is 2. The van der Waals surface area contributed by atoms with Gasteiger partial charge in [0.1, 0.15) is 0 Å². The van der Waals surface area contributed by atoms with Gasteiger partial charge in [0.05, 0.1) is 31.1 Å². The maximum Gasteiger partial charge on any atom is 0.255 e. The summed E-state index contributed by atoms with van der Waals surface area (Å²) in [5, 5.41) is 5.72. The van der Waals surface area contributed by atoms with Crippen molar-refractivity contribution in [1.29, 1.82) is 0 Å². The van der Waals surface area contributed by atoms with Crippen molar-refractivity contribution in [2.45, 2.75) is 31.8 Å². The van der Waals surface area contributed by atoms with E-state index in [9.17, 15) is 9.59 Å². The number of fused-ring (bicyclic) bond motifs is 1. The molecule has 2 amide bonds. The predicted octanol–water partition coefficient (Wildman–Crippen LogP) is 3.66. The Hall–Kier alpha value is -3.22. The fourth-order valence-electron chi connectivity index (χ4n) is 3.84. The zero-order valence-electron chi connectivity index (χ0n) is 16.7. The van der Waals surface area contributed by atoms with Gasteiger partial charge in [0, 0.05) is 24.4 Å². The molecule has 0 spiro atoms. The van der Waals surface area contributed by atoms with Crippen molar-refractivity contribution in [2.24, 2.45) is 0 Å². The Morgan fingerprint density at radius 1 is 1.14 bits per heavy atom. The van der Waals surface area contributed by atoms with Gasteiger partial charge in [-0.1, -0.05) is 0 Å². The molecular weight excluding hydrogens is 370 g/mol. The third-order valence-corrected chi connectivity index (χ3v) is 5.34. The number of ether oxygens (including phenoxy) is 2. The first-order chi connectivity index (χ1) is 14.0. The van der Waals surface area contributed by atoms with Crippen LogP contribution in [0, 0.1) is 0 Å². The minimum absolute atomic E-state index is 0.0959. The Morgan fingerprint density at radius 2 is 1.93 bits per heavy atom. The van der Waals surface area contributed by atoms with Crippen LogP contribution in [-0.2, 0) is 4.79 Å². The second-order valence-electron chi connectivity index (χ2n) is 7.48. The van der Waals surface area contributed by atoms with E-state index in [1.807, 2.05) is 18.0 Å². The molecule has 0 bridgehead atoms. The molecular formula is C22H25N3O4.